The molecular formula is C20H23N3O3. The molecular weight excluding hydrogens is 330 g/mol. The Balaban J connectivity index is 1.87. The number of carbonyl (C=O) groups excluding carboxylic acids is 3. The fourth-order valence-corrected chi connectivity index (χ4v) is 3.14. The number of rotatable bonds is 3. The van der Waals surface area contributed by atoms with Crippen molar-refractivity contribution < 1.29 is 14.4 Å². The second-order valence-electron chi connectivity index (χ2n) is 7.81. The highest BCUT2D eigenvalue weighted by Gasteiger charge is 2.49. The van der Waals surface area contributed by atoms with E-state index in [4.69, 9.17) is 0 Å². The van der Waals surface area contributed by atoms with E-state index in [2.05, 4.69) is 10.6 Å². The van der Waals surface area contributed by atoms with Gasteiger partial charge in [0.2, 0.25) is 5.91 Å². The Kier molecular flexibility index (Phi) is 4.22. The van der Waals surface area contributed by atoms with Crippen LogP contribution in [0.5, 0.6) is 0 Å². The number of hydrogen-bond acceptors (Lipinski definition) is 3. The number of fused-ring (bicyclic) bond motifs is 1. The molecule has 0 saturated carbocycles. The van der Waals surface area contributed by atoms with Crippen LogP contribution in [-0.2, 0) is 15.1 Å². The van der Waals surface area contributed by atoms with Crippen molar-refractivity contribution in [3.63, 3.8) is 0 Å². The van der Waals surface area contributed by atoms with E-state index in [9.17, 15) is 14.4 Å². The van der Waals surface area contributed by atoms with Crippen LogP contribution in [0.1, 0.15) is 33.3 Å². The van der Waals surface area contributed by atoms with Crippen LogP contribution in [0.3, 0.4) is 0 Å². The molecule has 0 radical (unpaired) electrons. The van der Waals surface area contributed by atoms with Gasteiger partial charge in [-0.1, -0.05) is 36.4 Å². The molecule has 1 atom stereocenters. The average Bonchev–Trinajstić information content (AvgIpc) is 2.77. The van der Waals surface area contributed by atoms with E-state index in [1.54, 1.807) is 6.92 Å². The molecule has 6 heteroatoms. The Morgan fingerprint density at radius 3 is 2.42 bits per heavy atom. The Morgan fingerprint density at radius 1 is 1.12 bits per heavy atom. The van der Waals surface area contributed by atoms with Crippen molar-refractivity contribution in [2.24, 2.45) is 0 Å². The third kappa shape index (κ3) is 3.27. The van der Waals surface area contributed by atoms with Gasteiger partial charge < -0.3 is 10.6 Å². The maximum atomic E-state index is 12.9. The molecule has 136 valence electrons. The first-order valence-electron chi connectivity index (χ1n) is 8.54. The monoisotopic (exact) mass is 353 g/mol. The van der Waals surface area contributed by atoms with E-state index < -0.39 is 23.0 Å². The molecule has 1 unspecified atom stereocenters. The highest BCUT2D eigenvalue weighted by atomic mass is 16.2. The lowest BCUT2D eigenvalue weighted by Gasteiger charge is -2.24. The fourth-order valence-electron chi connectivity index (χ4n) is 3.14. The minimum atomic E-state index is -1.19. The molecule has 0 aromatic heterocycles. The minimum absolute atomic E-state index is 0.300. The predicted molar refractivity (Wildman–Crippen MR) is 99.4 cm³/mol. The van der Waals surface area contributed by atoms with E-state index in [-0.39, 0.29) is 12.5 Å². The molecule has 2 N–H and O–H groups in total. The van der Waals surface area contributed by atoms with Gasteiger partial charge in [0.1, 0.15) is 12.1 Å². The average molecular weight is 353 g/mol. The molecule has 0 spiro atoms. The summed E-state index contributed by atoms with van der Waals surface area (Å²) in [5.41, 5.74) is -0.936. The zero-order chi connectivity index (χ0) is 19.1. The highest BCUT2D eigenvalue weighted by Crippen LogP contribution is 2.30. The number of nitrogens with zero attached hydrogens (tertiary/aromatic N) is 1. The second kappa shape index (κ2) is 6.12. The molecule has 0 aliphatic carbocycles. The van der Waals surface area contributed by atoms with E-state index in [0.717, 1.165) is 15.7 Å². The lowest BCUT2D eigenvalue weighted by molar-refractivity contribution is -0.135. The number of urea groups is 1. The molecule has 2 aromatic carbocycles. The molecule has 1 aliphatic rings. The SMILES string of the molecule is CC(C)(C)NC(=O)CN1C(=O)NC(C)(c2ccc3ccccc3c2)C1=O. The quantitative estimate of drug-likeness (QED) is 0.832. The maximum absolute atomic E-state index is 12.9. The molecule has 4 amide bonds. The Morgan fingerprint density at radius 2 is 1.77 bits per heavy atom. The van der Waals surface area contributed by atoms with Crippen molar-refractivity contribution in [1.29, 1.82) is 0 Å². The van der Waals surface area contributed by atoms with Crippen LogP contribution in [0.25, 0.3) is 10.8 Å². The van der Waals surface area contributed by atoms with Crippen LogP contribution in [0.2, 0.25) is 0 Å². The minimum Gasteiger partial charge on any atom is -0.350 e. The van der Waals surface area contributed by atoms with Gasteiger partial charge in [-0.05, 0) is 50.1 Å². The van der Waals surface area contributed by atoms with Gasteiger partial charge in [0.15, 0.2) is 0 Å². The Labute approximate surface area is 152 Å². The van der Waals surface area contributed by atoms with Crippen molar-refractivity contribution in [3.05, 3.63) is 48.0 Å². The number of benzene rings is 2. The summed E-state index contributed by atoms with van der Waals surface area (Å²) in [5.74, 6) is -0.800. The molecule has 1 aliphatic heterocycles. The largest absolute Gasteiger partial charge is 0.350 e. The van der Waals surface area contributed by atoms with Gasteiger partial charge in [0.25, 0.3) is 5.91 Å². The van der Waals surface area contributed by atoms with Crippen LogP contribution < -0.4 is 10.6 Å². The van der Waals surface area contributed by atoms with Gasteiger partial charge in [-0.3, -0.25) is 14.5 Å². The van der Waals surface area contributed by atoms with Gasteiger partial charge in [0.05, 0.1) is 0 Å². The van der Waals surface area contributed by atoms with Crippen molar-refractivity contribution in [3.8, 4) is 0 Å². The summed E-state index contributed by atoms with van der Waals surface area (Å²) in [6.07, 6.45) is 0. The van der Waals surface area contributed by atoms with Crippen LogP contribution in [0.15, 0.2) is 42.5 Å². The predicted octanol–water partition coefficient (Wildman–Crippen LogP) is 2.52. The molecule has 1 heterocycles. The summed E-state index contributed by atoms with van der Waals surface area (Å²) in [6, 6.07) is 12.9. The Hall–Kier alpha value is -2.89. The number of imide groups is 1. The third-order valence-electron chi connectivity index (χ3n) is 4.42. The van der Waals surface area contributed by atoms with Crippen LogP contribution in [0, 0.1) is 0 Å². The molecule has 0 bridgehead atoms. The maximum Gasteiger partial charge on any atom is 0.325 e. The first-order valence-corrected chi connectivity index (χ1v) is 8.54. The highest BCUT2D eigenvalue weighted by molar-refractivity contribution is 6.09. The standard InChI is InChI=1S/C20H23N3O3/c1-19(2,3)21-16(24)12-23-17(25)20(4,22-18(23)26)15-10-9-13-7-5-6-8-14(13)11-15/h5-11H,12H2,1-4H3,(H,21,24)(H,22,26). The molecule has 1 saturated heterocycles. The number of carbonyl (C=O) groups is 3. The molecule has 26 heavy (non-hydrogen) atoms. The van der Waals surface area contributed by atoms with Crippen LogP contribution in [0.4, 0.5) is 4.79 Å². The van der Waals surface area contributed by atoms with Gasteiger partial charge >= 0.3 is 6.03 Å². The normalized spacial score (nSPS) is 20.4. The zero-order valence-corrected chi connectivity index (χ0v) is 15.4. The van der Waals surface area contributed by atoms with Gasteiger partial charge in [-0.25, -0.2) is 4.79 Å². The van der Waals surface area contributed by atoms with Crippen molar-refractivity contribution >= 4 is 28.6 Å². The zero-order valence-electron chi connectivity index (χ0n) is 15.4. The first-order chi connectivity index (χ1) is 12.1. The summed E-state index contributed by atoms with van der Waals surface area (Å²) >= 11 is 0. The summed E-state index contributed by atoms with van der Waals surface area (Å²) < 4.78 is 0. The summed E-state index contributed by atoms with van der Waals surface area (Å²) in [4.78, 5) is 38.4. The smallest absolute Gasteiger partial charge is 0.325 e. The van der Waals surface area contributed by atoms with E-state index in [1.807, 2.05) is 63.2 Å². The topological polar surface area (TPSA) is 78.5 Å². The van der Waals surface area contributed by atoms with Crippen molar-refractivity contribution in [1.82, 2.24) is 15.5 Å². The molecule has 2 aromatic rings. The Bertz CT molecular complexity index is 901. The van der Waals surface area contributed by atoms with E-state index in [1.165, 1.54) is 0 Å². The van der Waals surface area contributed by atoms with E-state index in [0.29, 0.717) is 5.56 Å². The fraction of sp³-hybridized carbons (Fsp3) is 0.350. The number of amides is 4. The number of nitrogens with one attached hydrogen (secondary N) is 2. The summed E-state index contributed by atoms with van der Waals surface area (Å²) in [7, 11) is 0. The van der Waals surface area contributed by atoms with Crippen LogP contribution >= 0.6 is 0 Å². The molecule has 1 fully saturated rings. The summed E-state index contributed by atoms with van der Waals surface area (Å²) in [6.45, 7) is 6.89. The number of hydrogen-bond donors (Lipinski definition) is 2. The first kappa shape index (κ1) is 17.9. The molecule has 6 nitrogen and oxygen atoms in total. The van der Waals surface area contributed by atoms with Crippen molar-refractivity contribution in [2.75, 3.05) is 6.54 Å². The van der Waals surface area contributed by atoms with Crippen LogP contribution in [-0.4, -0.2) is 34.8 Å². The lowest BCUT2D eigenvalue weighted by Crippen LogP contribution is -2.48. The van der Waals surface area contributed by atoms with E-state index >= 15 is 0 Å². The third-order valence-corrected chi connectivity index (χ3v) is 4.42. The van der Waals surface area contributed by atoms with Gasteiger partial charge in [-0.15, -0.1) is 0 Å². The van der Waals surface area contributed by atoms with Gasteiger partial charge in [0, 0.05) is 5.54 Å². The lowest BCUT2D eigenvalue weighted by atomic mass is 9.90. The van der Waals surface area contributed by atoms with Crippen molar-refractivity contribution in [2.45, 2.75) is 38.8 Å². The second-order valence-corrected chi connectivity index (χ2v) is 7.81. The molecule has 3 rings (SSSR count). The summed E-state index contributed by atoms with van der Waals surface area (Å²) in [5, 5.41) is 7.54. The van der Waals surface area contributed by atoms with Gasteiger partial charge in [-0.2, -0.15) is 0 Å².